The third kappa shape index (κ3) is 3.50. The smallest absolute Gasteiger partial charge is 0.274 e. The average Bonchev–Trinajstić information content (AvgIpc) is 2.34. The Balaban J connectivity index is 2.99. The molecule has 0 atom stereocenters. The van der Waals surface area contributed by atoms with Crippen LogP contribution in [0, 0.1) is 22.0 Å². The van der Waals surface area contributed by atoms with Gasteiger partial charge in [0.2, 0.25) is 0 Å². The molecule has 7 heteroatoms. The fourth-order valence-electron chi connectivity index (χ4n) is 1.18. The molecule has 0 saturated heterocycles. The van der Waals surface area contributed by atoms with Gasteiger partial charge in [-0.1, -0.05) is 17.0 Å². The van der Waals surface area contributed by atoms with Gasteiger partial charge in [0.25, 0.3) is 5.69 Å². The van der Waals surface area contributed by atoms with Crippen LogP contribution < -0.4 is 0 Å². The first-order valence-electron chi connectivity index (χ1n) is 4.57. The zero-order chi connectivity index (χ0) is 12.7. The highest BCUT2D eigenvalue weighted by atomic mass is 16.6. The van der Waals surface area contributed by atoms with E-state index in [1.54, 1.807) is 0 Å². The third-order valence-electron chi connectivity index (χ3n) is 1.89. The van der Waals surface area contributed by atoms with Crippen molar-refractivity contribution in [2.45, 2.75) is 6.61 Å². The minimum absolute atomic E-state index is 0.0297. The Morgan fingerprint density at radius 2 is 2.35 bits per heavy atom. The summed E-state index contributed by atoms with van der Waals surface area (Å²) in [6.07, 6.45) is 0. The molecule has 17 heavy (non-hydrogen) atoms. The van der Waals surface area contributed by atoms with E-state index in [2.05, 4.69) is 21.9 Å². The molecule has 0 aromatic heterocycles. The predicted octanol–water partition coefficient (Wildman–Crippen LogP) is 1.75. The highest BCUT2D eigenvalue weighted by Crippen LogP contribution is 2.19. The summed E-state index contributed by atoms with van der Waals surface area (Å²) in [7, 11) is 0. The van der Waals surface area contributed by atoms with Crippen molar-refractivity contribution in [3.05, 3.63) is 49.9 Å². The second kappa shape index (κ2) is 6.12. The van der Waals surface area contributed by atoms with E-state index in [9.17, 15) is 10.1 Å². The fourth-order valence-corrected chi connectivity index (χ4v) is 1.18. The standard InChI is InChI=1S/C10H8N4O3/c11-13-12-5-1-2-8-3-4-10(14(16)17)9(6-8)7-15/h3-4,6,15H,5,7H2. The number of nitrogens with zero attached hydrogens (tertiary/aromatic N) is 4. The number of hydrogen-bond donors (Lipinski definition) is 1. The van der Waals surface area contributed by atoms with Crippen molar-refractivity contribution in [2.24, 2.45) is 5.11 Å². The highest BCUT2D eigenvalue weighted by Gasteiger charge is 2.12. The topological polar surface area (TPSA) is 112 Å². The van der Waals surface area contributed by atoms with Crippen LogP contribution in [0.3, 0.4) is 0 Å². The Morgan fingerprint density at radius 3 is 2.94 bits per heavy atom. The minimum Gasteiger partial charge on any atom is -0.391 e. The van der Waals surface area contributed by atoms with E-state index in [1.165, 1.54) is 18.2 Å². The van der Waals surface area contributed by atoms with Gasteiger partial charge in [-0.05, 0) is 17.7 Å². The van der Waals surface area contributed by atoms with Gasteiger partial charge in [-0.15, -0.1) is 0 Å². The number of azide groups is 1. The number of benzene rings is 1. The zero-order valence-electron chi connectivity index (χ0n) is 8.70. The summed E-state index contributed by atoms with van der Waals surface area (Å²) in [5.74, 6) is 5.25. The van der Waals surface area contributed by atoms with E-state index in [0.29, 0.717) is 5.56 Å². The first kappa shape index (κ1) is 12.5. The summed E-state index contributed by atoms with van der Waals surface area (Å²) in [5.41, 5.74) is 8.60. The van der Waals surface area contributed by atoms with Crippen molar-refractivity contribution in [2.75, 3.05) is 6.54 Å². The molecule has 0 aliphatic rings. The molecule has 0 fully saturated rings. The lowest BCUT2D eigenvalue weighted by molar-refractivity contribution is -0.385. The van der Waals surface area contributed by atoms with Crippen LogP contribution in [0.4, 0.5) is 5.69 Å². The monoisotopic (exact) mass is 232 g/mol. The van der Waals surface area contributed by atoms with Crippen LogP contribution in [0.25, 0.3) is 10.4 Å². The molecule has 1 N–H and O–H groups in total. The lowest BCUT2D eigenvalue weighted by Crippen LogP contribution is -1.95. The van der Waals surface area contributed by atoms with Crippen LogP contribution in [0.1, 0.15) is 11.1 Å². The Morgan fingerprint density at radius 1 is 1.59 bits per heavy atom. The summed E-state index contributed by atoms with van der Waals surface area (Å²) in [5, 5.41) is 22.8. The van der Waals surface area contributed by atoms with E-state index in [0.717, 1.165) is 0 Å². The maximum absolute atomic E-state index is 10.6. The molecular weight excluding hydrogens is 224 g/mol. The lowest BCUT2D eigenvalue weighted by Gasteiger charge is -1.99. The van der Waals surface area contributed by atoms with Gasteiger partial charge in [-0.3, -0.25) is 10.1 Å². The molecule has 0 amide bonds. The molecule has 1 aromatic carbocycles. The summed E-state index contributed by atoms with van der Waals surface area (Å²) in [6.45, 7) is -0.399. The van der Waals surface area contributed by atoms with E-state index >= 15 is 0 Å². The predicted molar refractivity (Wildman–Crippen MR) is 59.9 cm³/mol. The van der Waals surface area contributed by atoms with Crippen LogP contribution in [-0.4, -0.2) is 16.6 Å². The molecule has 7 nitrogen and oxygen atoms in total. The maximum atomic E-state index is 10.6. The van der Waals surface area contributed by atoms with Gasteiger partial charge in [-0.2, -0.15) is 0 Å². The number of nitro groups is 1. The van der Waals surface area contributed by atoms with Gasteiger partial charge in [0, 0.05) is 16.5 Å². The number of aliphatic hydroxyl groups excluding tert-OH is 1. The summed E-state index contributed by atoms with van der Waals surface area (Å²) in [6, 6.07) is 4.19. The Labute approximate surface area is 96.5 Å². The van der Waals surface area contributed by atoms with Crippen LogP contribution in [0.2, 0.25) is 0 Å². The largest absolute Gasteiger partial charge is 0.391 e. The molecule has 1 rings (SSSR count). The van der Waals surface area contributed by atoms with Crippen molar-refractivity contribution in [3.8, 4) is 11.8 Å². The van der Waals surface area contributed by atoms with Crippen molar-refractivity contribution in [1.82, 2.24) is 0 Å². The van der Waals surface area contributed by atoms with E-state index < -0.39 is 11.5 Å². The van der Waals surface area contributed by atoms with Crippen LogP contribution in [-0.2, 0) is 6.61 Å². The first-order chi connectivity index (χ1) is 8.19. The van der Waals surface area contributed by atoms with Gasteiger partial charge < -0.3 is 5.11 Å². The number of nitro benzene ring substituents is 1. The third-order valence-corrected chi connectivity index (χ3v) is 1.89. The SMILES string of the molecule is [N-]=[N+]=NCC#Cc1ccc([N+](=O)[O-])c(CO)c1. The lowest BCUT2D eigenvalue weighted by atomic mass is 10.1. The molecule has 1 aromatic rings. The molecule has 0 spiro atoms. The first-order valence-corrected chi connectivity index (χ1v) is 4.57. The normalized spacial score (nSPS) is 8.76. The van der Waals surface area contributed by atoms with E-state index in [4.69, 9.17) is 10.6 Å². The van der Waals surface area contributed by atoms with Gasteiger partial charge in [0.15, 0.2) is 0 Å². The van der Waals surface area contributed by atoms with Gasteiger partial charge in [0.05, 0.1) is 23.6 Å². The molecular formula is C10H8N4O3. The van der Waals surface area contributed by atoms with E-state index in [-0.39, 0.29) is 17.8 Å². The van der Waals surface area contributed by atoms with Crippen molar-refractivity contribution < 1.29 is 10.0 Å². The quantitative estimate of drug-likeness (QED) is 0.214. The summed E-state index contributed by atoms with van der Waals surface area (Å²) >= 11 is 0. The number of hydrogen-bond acceptors (Lipinski definition) is 4. The van der Waals surface area contributed by atoms with Crippen molar-refractivity contribution >= 4 is 5.69 Å². The highest BCUT2D eigenvalue weighted by molar-refractivity contribution is 5.47. The Hall–Kier alpha value is -2.55. The molecule has 0 aliphatic heterocycles. The Kier molecular flexibility index (Phi) is 4.51. The van der Waals surface area contributed by atoms with Crippen molar-refractivity contribution in [3.63, 3.8) is 0 Å². The van der Waals surface area contributed by atoms with Gasteiger partial charge >= 0.3 is 0 Å². The summed E-state index contributed by atoms with van der Waals surface area (Å²) in [4.78, 5) is 12.6. The van der Waals surface area contributed by atoms with Gasteiger partial charge in [0.1, 0.15) is 0 Å². The molecule has 0 saturated carbocycles. The number of rotatable bonds is 3. The van der Waals surface area contributed by atoms with E-state index in [1.807, 2.05) is 0 Å². The van der Waals surface area contributed by atoms with Gasteiger partial charge in [-0.25, -0.2) is 0 Å². The molecule has 0 heterocycles. The second-order valence-corrected chi connectivity index (χ2v) is 2.95. The summed E-state index contributed by atoms with van der Waals surface area (Å²) < 4.78 is 0. The van der Waals surface area contributed by atoms with Crippen LogP contribution in [0.15, 0.2) is 23.3 Å². The van der Waals surface area contributed by atoms with Crippen LogP contribution in [0.5, 0.6) is 0 Å². The Bertz CT molecular complexity index is 538. The van der Waals surface area contributed by atoms with Crippen molar-refractivity contribution in [1.29, 1.82) is 0 Å². The molecule has 0 radical (unpaired) electrons. The molecule has 0 bridgehead atoms. The number of aliphatic hydroxyl groups is 1. The van der Waals surface area contributed by atoms with Crippen LogP contribution >= 0.6 is 0 Å². The maximum Gasteiger partial charge on any atom is 0.274 e. The zero-order valence-corrected chi connectivity index (χ0v) is 8.70. The molecule has 0 aliphatic carbocycles. The average molecular weight is 232 g/mol. The fraction of sp³-hybridized carbons (Fsp3) is 0.200. The minimum atomic E-state index is -0.567. The molecule has 0 unspecified atom stereocenters. The molecule has 86 valence electrons. The second-order valence-electron chi connectivity index (χ2n) is 2.95.